The third-order valence-electron chi connectivity index (χ3n) is 5.62. The van der Waals surface area contributed by atoms with Crippen molar-refractivity contribution < 1.29 is 0 Å². The molecule has 1 saturated heterocycles. The van der Waals surface area contributed by atoms with Gasteiger partial charge in [0.05, 0.1) is 0 Å². The van der Waals surface area contributed by atoms with E-state index in [1.807, 2.05) is 6.20 Å². The molecule has 2 rings (SSSR count). The molecular formula is C20H37N3Sn. The van der Waals surface area contributed by atoms with Crippen LogP contribution >= 0.6 is 0 Å². The van der Waals surface area contributed by atoms with E-state index >= 15 is 0 Å². The Bertz CT molecular complexity index is 450. The molecule has 0 aliphatic carbocycles. The number of nitrogens with zero attached hydrogens (tertiary/aromatic N) is 3. The summed E-state index contributed by atoms with van der Waals surface area (Å²) in [5.41, 5.74) is 0. The third-order valence-corrected chi connectivity index (χ3v) is 20.6. The van der Waals surface area contributed by atoms with Gasteiger partial charge in [0.15, 0.2) is 0 Å². The van der Waals surface area contributed by atoms with E-state index in [1.54, 1.807) is 0 Å². The molecule has 0 saturated carbocycles. The molecule has 0 radical (unpaired) electrons. The van der Waals surface area contributed by atoms with E-state index in [-0.39, 0.29) is 0 Å². The summed E-state index contributed by atoms with van der Waals surface area (Å²) >= 11 is -2.42. The Hall–Kier alpha value is -0.321. The van der Waals surface area contributed by atoms with Crippen LogP contribution in [-0.4, -0.2) is 41.4 Å². The zero-order valence-corrected chi connectivity index (χ0v) is 19.0. The summed E-state index contributed by atoms with van der Waals surface area (Å²) in [6.07, 6.45) is 14.9. The van der Waals surface area contributed by atoms with Crippen molar-refractivity contribution in [3.8, 4) is 0 Å². The molecule has 0 amide bonds. The van der Waals surface area contributed by atoms with Gasteiger partial charge < -0.3 is 0 Å². The first-order valence-electron chi connectivity index (χ1n) is 10.3. The van der Waals surface area contributed by atoms with Gasteiger partial charge in [-0.1, -0.05) is 0 Å². The van der Waals surface area contributed by atoms with Gasteiger partial charge in [0, 0.05) is 0 Å². The molecule has 0 unspecified atom stereocenters. The van der Waals surface area contributed by atoms with Crippen LogP contribution in [0, 0.1) is 0 Å². The van der Waals surface area contributed by atoms with Crippen LogP contribution in [0.15, 0.2) is 12.4 Å². The molecule has 1 aliphatic heterocycles. The second-order valence-electron chi connectivity index (χ2n) is 7.55. The molecule has 3 nitrogen and oxygen atoms in total. The van der Waals surface area contributed by atoms with Crippen LogP contribution in [0.3, 0.4) is 0 Å². The summed E-state index contributed by atoms with van der Waals surface area (Å²) in [7, 11) is 0. The summed E-state index contributed by atoms with van der Waals surface area (Å²) in [6.45, 7) is 9.34. The average Bonchev–Trinajstić information content (AvgIpc) is 3.16. The fraction of sp³-hybridized carbons (Fsp3) is 0.800. The van der Waals surface area contributed by atoms with Crippen molar-refractivity contribution >= 4 is 27.9 Å². The van der Waals surface area contributed by atoms with Gasteiger partial charge in [-0.2, -0.15) is 0 Å². The van der Waals surface area contributed by atoms with Gasteiger partial charge in [0.2, 0.25) is 0 Å². The van der Waals surface area contributed by atoms with Gasteiger partial charge in [0.1, 0.15) is 0 Å². The number of aromatic nitrogens is 2. The molecule has 1 aromatic rings. The van der Waals surface area contributed by atoms with Crippen LogP contribution in [0.5, 0.6) is 0 Å². The van der Waals surface area contributed by atoms with Crippen molar-refractivity contribution in [2.45, 2.75) is 85.4 Å². The quantitative estimate of drug-likeness (QED) is 0.449. The second kappa shape index (κ2) is 10.6. The minimum absolute atomic E-state index is 1.16. The number of unbranched alkanes of at least 4 members (excludes halogenated alkanes) is 3. The molecule has 24 heavy (non-hydrogen) atoms. The standard InChI is InChI=1S/C8H10N3.3C4H9.Sn/c1-2-6-11(5-1)8-7-9-3-4-10-8;3*1-3-4-2;/h3,7H,1-2,5-6H2;3*1,3-4H2,2H3;. The van der Waals surface area contributed by atoms with Crippen LogP contribution in [0.1, 0.15) is 72.1 Å². The van der Waals surface area contributed by atoms with E-state index in [0.717, 1.165) is 5.82 Å². The Morgan fingerprint density at radius 3 is 1.92 bits per heavy atom. The first-order chi connectivity index (χ1) is 11.8. The van der Waals surface area contributed by atoms with E-state index in [1.165, 1.54) is 81.5 Å². The SMILES string of the molecule is CCC[CH2][Sn]([CH2]CCC)([CH2]CCC)[c]1cncc(N2CCCC2)n1. The van der Waals surface area contributed by atoms with Gasteiger partial charge >= 0.3 is 154 Å². The Labute approximate surface area is 153 Å². The average molecular weight is 438 g/mol. The van der Waals surface area contributed by atoms with Gasteiger partial charge in [-0.15, -0.1) is 0 Å². The zero-order chi connectivity index (χ0) is 17.3. The zero-order valence-electron chi connectivity index (χ0n) is 16.2. The molecule has 0 N–H and O–H groups in total. The topological polar surface area (TPSA) is 29.0 Å². The van der Waals surface area contributed by atoms with Crippen molar-refractivity contribution in [3.05, 3.63) is 12.4 Å². The fourth-order valence-electron chi connectivity index (χ4n) is 4.01. The predicted octanol–water partition coefficient (Wildman–Crippen LogP) is 5.13. The Kier molecular flexibility index (Phi) is 8.85. The molecule has 136 valence electrons. The maximum absolute atomic E-state index is 5.24. The van der Waals surface area contributed by atoms with Crippen LogP contribution in [0.25, 0.3) is 0 Å². The van der Waals surface area contributed by atoms with Crippen LogP contribution < -0.4 is 8.61 Å². The van der Waals surface area contributed by atoms with Gasteiger partial charge in [-0.05, 0) is 0 Å². The molecule has 1 aliphatic rings. The van der Waals surface area contributed by atoms with E-state index in [9.17, 15) is 0 Å². The summed E-state index contributed by atoms with van der Waals surface area (Å²) in [6, 6.07) is 0. The van der Waals surface area contributed by atoms with Crippen molar-refractivity contribution in [2.24, 2.45) is 0 Å². The van der Waals surface area contributed by atoms with E-state index in [4.69, 9.17) is 4.98 Å². The second-order valence-corrected chi connectivity index (χ2v) is 20.6. The molecule has 0 aromatic carbocycles. The molecule has 4 heteroatoms. The van der Waals surface area contributed by atoms with Crippen LogP contribution in [0.2, 0.25) is 13.3 Å². The van der Waals surface area contributed by atoms with Crippen LogP contribution in [0.4, 0.5) is 5.82 Å². The first-order valence-corrected chi connectivity index (χ1v) is 17.8. The maximum atomic E-state index is 5.24. The Morgan fingerprint density at radius 1 is 0.875 bits per heavy atom. The van der Waals surface area contributed by atoms with Gasteiger partial charge in [-0.25, -0.2) is 0 Å². The number of rotatable bonds is 11. The van der Waals surface area contributed by atoms with Gasteiger partial charge in [0.25, 0.3) is 0 Å². The number of anilines is 1. The predicted molar refractivity (Wildman–Crippen MR) is 108 cm³/mol. The molecule has 1 aromatic heterocycles. The number of hydrogen-bond donors (Lipinski definition) is 0. The summed E-state index contributed by atoms with van der Waals surface area (Å²) in [4.78, 5) is 12.4. The molecular weight excluding hydrogens is 401 g/mol. The Morgan fingerprint density at radius 2 is 1.42 bits per heavy atom. The monoisotopic (exact) mass is 439 g/mol. The van der Waals surface area contributed by atoms with Crippen molar-refractivity contribution in [2.75, 3.05) is 18.0 Å². The molecule has 2 heterocycles. The van der Waals surface area contributed by atoms with E-state index < -0.39 is 18.4 Å². The third kappa shape index (κ3) is 5.34. The summed E-state index contributed by atoms with van der Waals surface area (Å²) in [5.74, 6) is 1.16. The number of hydrogen-bond acceptors (Lipinski definition) is 3. The van der Waals surface area contributed by atoms with Crippen LogP contribution in [-0.2, 0) is 0 Å². The van der Waals surface area contributed by atoms with Crippen molar-refractivity contribution in [1.82, 2.24) is 9.97 Å². The Balaban J connectivity index is 2.29. The van der Waals surface area contributed by atoms with E-state index in [0.29, 0.717) is 0 Å². The summed E-state index contributed by atoms with van der Waals surface area (Å²) < 4.78 is 5.90. The van der Waals surface area contributed by atoms with Crippen molar-refractivity contribution in [1.29, 1.82) is 0 Å². The van der Waals surface area contributed by atoms with Gasteiger partial charge in [-0.3, -0.25) is 0 Å². The molecule has 0 bridgehead atoms. The summed E-state index contributed by atoms with van der Waals surface area (Å²) in [5, 5.41) is 0. The first kappa shape index (κ1) is 20.0. The van der Waals surface area contributed by atoms with Crippen molar-refractivity contribution in [3.63, 3.8) is 0 Å². The minimum atomic E-state index is -2.42. The van der Waals surface area contributed by atoms with E-state index in [2.05, 4.69) is 36.9 Å². The molecule has 0 atom stereocenters. The normalized spacial score (nSPS) is 15.2. The molecule has 0 spiro atoms. The fourth-order valence-corrected chi connectivity index (χ4v) is 19.2. The molecule has 1 fully saturated rings.